The summed E-state index contributed by atoms with van der Waals surface area (Å²) in [7, 11) is 0. The summed E-state index contributed by atoms with van der Waals surface area (Å²) >= 11 is 0. The molecule has 0 radical (unpaired) electrons. The van der Waals surface area contributed by atoms with Crippen molar-refractivity contribution in [3.63, 3.8) is 0 Å². The molecule has 6 heteroatoms. The Balaban J connectivity index is 1.50. The van der Waals surface area contributed by atoms with E-state index in [1.54, 1.807) is 18.2 Å². The maximum Gasteiger partial charge on any atom is 0.310 e. The molecule has 1 aliphatic rings. The van der Waals surface area contributed by atoms with Crippen molar-refractivity contribution in [2.24, 2.45) is 0 Å². The Morgan fingerprint density at radius 2 is 1.76 bits per heavy atom. The number of esters is 1. The van der Waals surface area contributed by atoms with Gasteiger partial charge >= 0.3 is 5.97 Å². The molecule has 0 amide bonds. The van der Waals surface area contributed by atoms with E-state index in [0.717, 1.165) is 0 Å². The van der Waals surface area contributed by atoms with E-state index in [0.29, 0.717) is 22.4 Å². The summed E-state index contributed by atoms with van der Waals surface area (Å²) in [5.74, 6) is -1.60. The summed E-state index contributed by atoms with van der Waals surface area (Å²) in [6.07, 6.45) is -0.0636. The van der Waals surface area contributed by atoms with Crippen LogP contribution in [-0.2, 0) is 29.2 Å². The average molecular weight is 394 g/mol. The van der Waals surface area contributed by atoms with Gasteiger partial charge in [-0.2, -0.15) is 0 Å². The molecule has 4 nitrogen and oxygen atoms in total. The molecule has 29 heavy (non-hydrogen) atoms. The van der Waals surface area contributed by atoms with Gasteiger partial charge in [-0.05, 0) is 41.5 Å². The lowest BCUT2D eigenvalue weighted by Crippen LogP contribution is -2.10. The quantitative estimate of drug-likeness (QED) is 0.617. The fourth-order valence-corrected chi connectivity index (χ4v) is 3.19. The van der Waals surface area contributed by atoms with Crippen LogP contribution in [0.3, 0.4) is 0 Å². The molecular weight excluding hydrogens is 378 g/mol. The predicted octanol–water partition coefficient (Wildman–Crippen LogP) is 4.37. The lowest BCUT2D eigenvalue weighted by molar-refractivity contribution is -0.144. The van der Waals surface area contributed by atoms with Gasteiger partial charge in [-0.1, -0.05) is 30.3 Å². The lowest BCUT2D eigenvalue weighted by Gasteiger charge is -2.09. The molecule has 0 aliphatic carbocycles. The number of hydrogen-bond donors (Lipinski definition) is 0. The van der Waals surface area contributed by atoms with E-state index >= 15 is 0 Å². The van der Waals surface area contributed by atoms with Gasteiger partial charge in [0, 0.05) is 5.56 Å². The van der Waals surface area contributed by atoms with Crippen molar-refractivity contribution in [2.75, 3.05) is 0 Å². The number of carbonyl (C=O) groups is 2. The highest BCUT2D eigenvalue weighted by Crippen LogP contribution is 2.30. The average Bonchev–Trinajstić information content (AvgIpc) is 2.85. The van der Waals surface area contributed by atoms with E-state index in [-0.39, 0.29) is 36.6 Å². The summed E-state index contributed by atoms with van der Waals surface area (Å²) in [5, 5.41) is 0. The number of hydrogen-bond acceptors (Lipinski definition) is 4. The number of benzene rings is 3. The molecule has 0 aromatic heterocycles. The van der Waals surface area contributed by atoms with Crippen molar-refractivity contribution in [3.8, 4) is 5.75 Å². The predicted molar refractivity (Wildman–Crippen MR) is 101 cm³/mol. The van der Waals surface area contributed by atoms with E-state index in [9.17, 15) is 18.4 Å². The number of fused-ring (bicyclic) bond motifs is 2. The second kappa shape index (κ2) is 7.83. The third-order valence-electron chi connectivity index (χ3n) is 4.66. The molecule has 0 spiro atoms. The lowest BCUT2D eigenvalue weighted by atomic mass is 9.97. The van der Waals surface area contributed by atoms with E-state index < -0.39 is 17.6 Å². The number of ether oxygens (including phenoxy) is 2. The standard InChI is InChI=1S/C23H16F2O4/c24-17-7-4-14(5-8-17)12-29-21(26)11-15-6-9-20-18(10-15)23(27)22-16(13-28-20)2-1-3-19(22)25/h1-10H,11-13H2. The summed E-state index contributed by atoms with van der Waals surface area (Å²) in [6.45, 7) is 0.107. The zero-order valence-electron chi connectivity index (χ0n) is 15.3. The first-order chi connectivity index (χ1) is 14.0. The summed E-state index contributed by atoms with van der Waals surface area (Å²) in [6, 6.07) is 14.9. The molecule has 0 bridgehead atoms. The third-order valence-corrected chi connectivity index (χ3v) is 4.66. The van der Waals surface area contributed by atoms with Crippen LogP contribution in [0.25, 0.3) is 0 Å². The van der Waals surface area contributed by atoms with E-state index in [4.69, 9.17) is 9.47 Å². The van der Waals surface area contributed by atoms with Crippen molar-refractivity contribution in [1.29, 1.82) is 0 Å². The minimum absolute atomic E-state index is 0.0118. The fourth-order valence-electron chi connectivity index (χ4n) is 3.19. The van der Waals surface area contributed by atoms with Gasteiger partial charge in [0.1, 0.15) is 30.6 Å². The van der Waals surface area contributed by atoms with Crippen molar-refractivity contribution in [3.05, 3.63) is 100 Å². The number of rotatable bonds is 4. The number of halogens is 2. The Kier molecular flexibility index (Phi) is 5.08. The molecule has 4 rings (SSSR count). The normalized spacial score (nSPS) is 12.4. The largest absolute Gasteiger partial charge is 0.488 e. The van der Waals surface area contributed by atoms with Crippen LogP contribution >= 0.6 is 0 Å². The zero-order valence-corrected chi connectivity index (χ0v) is 15.3. The molecule has 1 aliphatic heterocycles. The molecule has 0 unspecified atom stereocenters. The van der Waals surface area contributed by atoms with E-state index in [1.807, 2.05) is 0 Å². The first kappa shape index (κ1) is 18.8. The van der Waals surface area contributed by atoms with Crippen LogP contribution in [0.5, 0.6) is 5.75 Å². The number of carbonyl (C=O) groups excluding carboxylic acids is 2. The minimum atomic E-state index is -0.604. The Morgan fingerprint density at radius 3 is 2.55 bits per heavy atom. The van der Waals surface area contributed by atoms with Crippen LogP contribution in [0.4, 0.5) is 8.78 Å². The maximum absolute atomic E-state index is 14.2. The van der Waals surface area contributed by atoms with E-state index in [2.05, 4.69) is 0 Å². The third kappa shape index (κ3) is 4.01. The SMILES string of the molecule is O=C(Cc1ccc2c(c1)C(=O)c1c(F)cccc1CO2)OCc1ccc(F)cc1. The highest BCUT2D eigenvalue weighted by atomic mass is 19.1. The first-order valence-corrected chi connectivity index (χ1v) is 8.99. The second-order valence-corrected chi connectivity index (χ2v) is 6.69. The molecule has 146 valence electrons. The molecular formula is C23H16F2O4. The molecule has 0 fully saturated rings. The molecule has 3 aromatic carbocycles. The Bertz CT molecular complexity index is 1090. The minimum Gasteiger partial charge on any atom is -0.488 e. The zero-order chi connectivity index (χ0) is 20.4. The first-order valence-electron chi connectivity index (χ1n) is 8.99. The van der Waals surface area contributed by atoms with Crippen LogP contribution in [0, 0.1) is 11.6 Å². The van der Waals surface area contributed by atoms with Gasteiger partial charge in [0.15, 0.2) is 5.78 Å². The van der Waals surface area contributed by atoms with Gasteiger partial charge in [0.25, 0.3) is 0 Å². The Morgan fingerprint density at radius 1 is 1.00 bits per heavy atom. The highest BCUT2D eigenvalue weighted by molar-refractivity contribution is 6.12. The topological polar surface area (TPSA) is 52.6 Å². The summed E-state index contributed by atoms with van der Waals surface area (Å²) in [5.41, 5.74) is 1.88. The van der Waals surface area contributed by atoms with Gasteiger partial charge in [-0.15, -0.1) is 0 Å². The molecule has 3 aromatic rings. The van der Waals surface area contributed by atoms with Crippen LogP contribution in [0.15, 0.2) is 60.7 Å². The molecule has 0 saturated heterocycles. The smallest absolute Gasteiger partial charge is 0.310 e. The fraction of sp³-hybridized carbons (Fsp3) is 0.130. The maximum atomic E-state index is 14.2. The molecule has 0 atom stereocenters. The number of ketones is 1. The Labute approximate surface area is 165 Å². The van der Waals surface area contributed by atoms with Crippen molar-refractivity contribution >= 4 is 11.8 Å². The van der Waals surface area contributed by atoms with Crippen molar-refractivity contribution in [1.82, 2.24) is 0 Å². The molecule has 1 heterocycles. The van der Waals surface area contributed by atoms with Gasteiger partial charge < -0.3 is 9.47 Å². The van der Waals surface area contributed by atoms with Gasteiger partial charge in [0.05, 0.1) is 17.5 Å². The van der Waals surface area contributed by atoms with Crippen LogP contribution in [0.1, 0.15) is 32.6 Å². The van der Waals surface area contributed by atoms with Gasteiger partial charge in [-0.25, -0.2) is 8.78 Å². The second-order valence-electron chi connectivity index (χ2n) is 6.69. The summed E-state index contributed by atoms with van der Waals surface area (Å²) in [4.78, 5) is 25.0. The molecule has 0 N–H and O–H groups in total. The Hall–Kier alpha value is -3.54. The van der Waals surface area contributed by atoms with Gasteiger partial charge in [0.2, 0.25) is 0 Å². The molecule has 0 saturated carbocycles. The van der Waals surface area contributed by atoms with Crippen LogP contribution < -0.4 is 4.74 Å². The van der Waals surface area contributed by atoms with Gasteiger partial charge in [-0.3, -0.25) is 9.59 Å². The monoisotopic (exact) mass is 394 g/mol. The van der Waals surface area contributed by atoms with Crippen LogP contribution in [-0.4, -0.2) is 11.8 Å². The van der Waals surface area contributed by atoms with Crippen LogP contribution in [0.2, 0.25) is 0 Å². The van der Waals surface area contributed by atoms with Crippen molar-refractivity contribution in [2.45, 2.75) is 19.6 Å². The van der Waals surface area contributed by atoms with E-state index in [1.165, 1.54) is 42.5 Å². The highest BCUT2D eigenvalue weighted by Gasteiger charge is 2.25. The van der Waals surface area contributed by atoms with Crippen molar-refractivity contribution < 1.29 is 27.8 Å². The summed E-state index contributed by atoms with van der Waals surface area (Å²) < 4.78 is 38.0.